The van der Waals surface area contributed by atoms with Crippen LogP contribution in [0.2, 0.25) is 0 Å². The van der Waals surface area contributed by atoms with E-state index >= 15 is 0 Å². The molecule has 1 aromatic rings. The number of allylic oxidation sites excluding steroid dienone is 1. The van der Waals surface area contributed by atoms with Gasteiger partial charge >= 0.3 is 0 Å². The molecule has 2 rings (SSSR count). The maximum absolute atomic E-state index is 3.39. The number of aryl methyl sites for hydroxylation is 1. The third kappa shape index (κ3) is 2.05. The van der Waals surface area contributed by atoms with Crippen LogP contribution in [0.3, 0.4) is 0 Å². The van der Waals surface area contributed by atoms with Gasteiger partial charge in [-0.15, -0.1) is 0 Å². The molecule has 0 atom stereocenters. The highest BCUT2D eigenvalue weighted by atomic mass is 14.8. The van der Waals surface area contributed by atoms with Crippen LogP contribution in [0.15, 0.2) is 30.3 Å². The van der Waals surface area contributed by atoms with Gasteiger partial charge in [-0.1, -0.05) is 30.3 Å². The van der Waals surface area contributed by atoms with Gasteiger partial charge in [0.1, 0.15) is 0 Å². The third-order valence-electron chi connectivity index (χ3n) is 2.78. The molecule has 0 aromatic heterocycles. The molecule has 1 heteroatoms. The highest BCUT2D eigenvalue weighted by Gasteiger charge is 2.06. The van der Waals surface area contributed by atoms with Crippen molar-refractivity contribution in [2.75, 3.05) is 13.1 Å². The quantitative estimate of drug-likeness (QED) is 0.713. The first-order valence-electron chi connectivity index (χ1n) is 5.33. The summed E-state index contributed by atoms with van der Waals surface area (Å²) in [6.45, 7) is 4.35. The van der Waals surface area contributed by atoms with Crippen LogP contribution in [0.25, 0.3) is 5.57 Å². The van der Waals surface area contributed by atoms with E-state index in [1.165, 1.54) is 29.5 Å². The first-order valence-corrected chi connectivity index (χ1v) is 5.33. The lowest BCUT2D eigenvalue weighted by molar-refractivity contribution is 0.723. The molecule has 1 nitrogen and oxygen atoms in total. The highest BCUT2D eigenvalue weighted by molar-refractivity contribution is 5.68. The first-order chi connectivity index (χ1) is 6.88. The Morgan fingerprint density at radius 2 is 2.07 bits per heavy atom. The van der Waals surface area contributed by atoms with Crippen molar-refractivity contribution in [1.29, 1.82) is 0 Å². The molecular formula is C13H17N. The molecule has 1 heterocycles. The molecule has 1 N–H and O–H groups in total. The fourth-order valence-electron chi connectivity index (χ4n) is 1.98. The molecule has 74 valence electrons. The van der Waals surface area contributed by atoms with Gasteiger partial charge in [-0.3, -0.25) is 0 Å². The van der Waals surface area contributed by atoms with Crippen molar-refractivity contribution < 1.29 is 0 Å². The number of hydrogen-bond acceptors (Lipinski definition) is 1. The third-order valence-corrected chi connectivity index (χ3v) is 2.78. The number of benzene rings is 1. The smallest absolute Gasteiger partial charge is 0.0140 e. The van der Waals surface area contributed by atoms with Crippen LogP contribution in [-0.4, -0.2) is 13.1 Å². The summed E-state index contributed by atoms with van der Waals surface area (Å²) in [6, 6.07) is 8.65. The lowest BCUT2D eigenvalue weighted by Gasteiger charge is -2.08. The Morgan fingerprint density at radius 3 is 2.93 bits per heavy atom. The highest BCUT2D eigenvalue weighted by Crippen LogP contribution is 2.23. The molecule has 0 saturated carbocycles. The molecule has 0 radical (unpaired) electrons. The van der Waals surface area contributed by atoms with Gasteiger partial charge in [-0.2, -0.15) is 0 Å². The Bertz CT molecular complexity index is 339. The molecule has 14 heavy (non-hydrogen) atoms. The molecule has 0 unspecified atom stereocenters. The van der Waals surface area contributed by atoms with Crippen molar-refractivity contribution in [2.24, 2.45) is 0 Å². The Balaban J connectivity index is 2.29. The summed E-state index contributed by atoms with van der Waals surface area (Å²) in [7, 11) is 0. The molecule has 0 aliphatic carbocycles. The van der Waals surface area contributed by atoms with Crippen molar-refractivity contribution in [3.8, 4) is 0 Å². The predicted molar refractivity (Wildman–Crippen MR) is 61.3 cm³/mol. The molecule has 0 bridgehead atoms. The van der Waals surface area contributed by atoms with E-state index in [2.05, 4.69) is 42.6 Å². The fraction of sp³-hybridized carbons (Fsp3) is 0.385. The normalized spacial score (nSPS) is 17.4. The Hall–Kier alpha value is -1.08. The minimum atomic E-state index is 1.02. The largest absolute Gasteiger partial charge is 0.313 e. The second-order valence-corrected chi connectivity index (χ2v) is 3.85. The SMILES string of the molecule is Cc1ccccc1C1=CCNCCC1. The zero-order valence-electron chi connectivity index (χ0n) is 8.72. The van der Waals surface area contributed by atoms with Gasteiger partial charge in [0.05, 0.1) is 0 Å². The van der Waals surface area contributed by atoms with Crippen LogP contribution in [0, 0.1) is 6.92 Å². The average Bonchev–Trinajstić information content (AvgIpc) is 2.47. The predicted octanol–water partition coefficient (Wildman–Crippen LogP) is 2.76. The molecule has 0 fully saturated rings. The monoisotopic (exact) mass is 187 g/mol. The van der Waals surface area contributed by atoms with E-state index in [0.29, 0.717) is 0 Å². The lowest BCUT2D eigenvalue weighted by Crippen LogP contribution is -2.12. The van der Waals surface area contributed by atoms with Crippen LogP contribution < -0.4 is 5.32 Å². The van der Waals surface area contributed by atoms with E-state index in [4.69, 9.17) is 0 Å². The molecule has 0 amide bonds. The van der Waals surface area contributed by atoms with Gasteiger partial charge in [-0.05, 0) is 43.0 Å². The van der Waals surface area contributed by atoms with E-state index in [1.807, 2.05) is 0 Å². The van der Waals surface area contributed by atoms with Crippen LogP contribution in [0.4, 0.5) is 0 Å². The van der Waals surface area contributed by atoms with Crippen molar-refractivity contribution in [3.05, 3.63) is 41.5 Å². The lowest BCUT2D eigenvalue weighted by atomic mass is 9.97. The molecule has 0 spiro atoms. The Morgan fingerprint density at radius 1 is 1.21 bits per heavy atom. The summed E-state index contributed by atoms with van der Waals surface area (Å²) in [6.07, 6.45) is 4.79. The second-order valence-electron chi connectivity index (χ2n) is 3.85. The van der Waals surface area contributed by atoms with Gasteiger partial charge in [0.25, 0.3) is 0 Å². The van der Waals surface area contributed by atoms with E-state index in [-0.39, 0.29) is 0 Å². The van der Waals surface area contributed by atoms with Crippen LogP contribution >= 0.6 is 0 Å². The molecular weight excluding hydrogens is 170 g/mol. The number of nitrogens with one attached hydrogen (secondary N) is 1. The topological polar surface area (TPSA) is 12.0 Å². The van der Waals surface area contributed by atoms with E-state index in [0.717, 1.165) is 13.1 Å². The van der Waals surface area contributed by atoms with Gasteiger partial charge in [-0.25, -0.2) is 0 Å². The molecule has 1 aliphatic rings. The minimum Gasteiger partial charge on any atom is -0.313 e. The van der Waals surface area contributed by atoms with E-state index in [1.54, 1.807) is 0 Å². The number of rotatable bonds is 1. The van der Waals surface area contributed by atoms with E-state index in [9.17, 15) is 0 Å². The minimum absolute atomic E-state index is 1.02. The summed E-state index contributed by atoms with van der Waals surface area (Å²) in [5.41, 5.74) is 4.32. The summed E-state index contributed by atoms with van der Waals surface area (Å²) in [4.78, 5) is 0. The van der Waals surface area contributed by atoms with Crippen molar-refractivity contribution in [3.63, 3.8) is 0 Å². The molecule has 1 aliphatic heterocycles. The van der Waals surface area contributed by atoms with Crippen molar-refractivity contribution in [2.45, 2.75) is 19.8 Å². The Kier molecular flexibility index (Phi) is 3.00. The van der Waals surface area contributed by atoms with Crippen molar-refractivity contribution >= 4 is 5.57 Å². The van der Waals surface area contributed by atoms with Gasteiger partial charge in [0.2, 0.25) is 0 Å². The van der Waals surface area contributed by atoms with Gasteiger partial charge in [0, 0.05) is 6.54 Å². The summed E-state index contributed by atoms with van der Waals surface area (Å²) in [5, 5.41) is 3.39. The summed E-state index contributed by atoms with van der Waals surface area (Å²) >= 11 is 0. The first kappa shape index (κ1) is 9.47. The van der Waals surface area contributed by atoms with Crippen LogP contribution in [-0.2, 0) is 0 Å². The van der Waals surface area contributed by atoms with Gasteiger partial charge in [0.15, 0.2) is 0 Å². The zero-order chi connectivity index (χ0) is 9.80. The zero-order valence-corrected chi connectivity index (χ0v) is 8.72. The van der Waals surface area contributed by atoms with Crippen LogP contribution in [0.5, 0.6) is 0 Å². The summed E-state index contributed by atoms with van der Waals surface area (Å²) in [5.74, 6) is 0. The fourth-order valence-corrected chi connectivity index (χ4v) is 1.98. The standard InChI is InChI=1S/C13H17N/c1-11-5-2-3-7-13(11)12-6-4-9-14-10-8-12/h2-3,5,7-8,14H,4,6,9-10H2,1H3. The van der Waals surface area contributed by atoms with Gasteiger partial charge < -0.3 is 5.32 Å². The molecule has 0 saturated heterocycles. The maximum Gasteiger partial charge on any atom is 0.0140 e. The Labute approximate surface area is 85.8 Å². The summed E-state index contributed by atoms with van der Waals surface area (Å²) < 4.78 is 0. The second kappa shape index (κ2) is 4.43. The average molecular weight is 187 g/mol. The number of hydrogen-bond donors (Lipinski definition) is 1. The molecule has 1 aromatic carbocycles. The maximum atomic E-state index is 3.39. The van der Waals surface area contributed by atoms with Crippen LogP contribution in [0.1, 0.15) is 24.0 Å². The van der Waals surface area contributed by atoms with Crippen molar-refractivity contribution in [1.82, 2.24) is 5.32 Å². The van der Waals surface area contributed by atoms with E-state index < -0.39 is 0 Å².